The van der Waals surface area contributed by atoms with Gasteiger partial charge in [0.1, 0.15) is 0 Å². The number of hydrogen-bond acceptors (Lipinski definition) is 4. The number of pyridine rings is 1. The van der Waals surface area contributed by atoms with Gasteiger partial charge in [-0.05, 0) is 47.4 Å². The van der Waals surface area contributed by atoms with E-state index in [2.05, 4.69) is 42.2 Å². The highest BCUT2D eigenvalue weighted by atomic mass is 16.6. The first-order valence-electron chi connectivity index (χ1n) is 9.98. The van der Waals surface area contributed by atoms with Crippen molar-refractivity contribution in [3.8, 4) is 11.1 Å². The van der Waals surface area contributed by atoms with Crippen LogP contribution in [0.1, 0.15) is 54.4 Å². The molecule has 3 aromatic rings. The average Bonchev–Trinajstić information content (AvgIpc) is 3.25. The van der Waals surface area contributed by atoms with Gasteiger partial charge in [0.05, 0.1) is 11.4 Å². The van der Waals surface area contributed by atoms with Crippen molar-refractivity contribution in [3.63, 3.8) is 0 Å². The summed E-state index contributed by atoms with van der Waals surface area (Å²) < 4.78 is 0. The largest absolute Gasteiger partial charge is 0.385 e. The number of aromatic nitrogens is 1. The topological polar surface area (TPSA) is 51.5 Å². The van der Waals surface area contributed by atoms with Gasteiger partial charge in [-0.3, -0.25) is 9.78 Å². The van der Waals surface area contributed by atoms with E-state index >= 15 is 0 Å². The normalized spacial score (nSPS) is 15.8. The molecule has 4 nitrogen and oxygen atoms in total. The highest BCUT2D eigenvalue weighted by Crippen LogP contribution is 2.31. The lowest BCUT2D eigenvalue weighted by Crippen LogP contribution is -2.07. The fourth-order valence-corrected chi connectivity index (χ4v) is 3.51. The van der Waals surface area contributed by atoms with Gasteiger partial charge in [-0.1, -0.05) is 55.4 Å². The zero-order valence-electron chi connectivity index (χ0n) is 16.7. The lowest BCUT2D eigenvalue weighted by atomic mass is 9.92. The van der Waals surface area contributed by atoms with Crippen molar-refractivity contribution in [3.05, 3.63) is 89.7 Å². The Kier molecular flexibility index (Phi) is 5.52. The molecule has 1 aromatic heterocycles. The first-order chi connectivity index (χ1) is 14.1. The number of benzene rings is 2. The van der Waals surface area contributed by atoms with Crippen LogP contribution in [0.25, 0.3) is 11.1 Å². The molecule has 0 saturated heterocycles. The molecule has 0 aliphatic carbocycles. The van der Waals surface area contributed by atoms with Crippen LogP contribution in [0.3, 0.4) is 0 Å². The van der Waals surface area contributed by atoms with E-state index in [0.717, 1.165) is 33.7 Å². The Hall–Kier alpha value is -3.27. The smallest absolute Gasteiger partial charge is 0.174 e. The minimum absolute atomic E-state index is 0.153. The molecule has 1 aliphatic heterocycles. The van der Waals surface area contributed by atoms with Crippen LogP contribution < -0.4 is 0 Å². The maximum Gasteiger partial charge on any atom is 0.174 e. The van der Waals surface area contributed by atoms with Crippen LogP contribution in [0.4, 0.5) is 0 Å². The van der Waals surface area contributed by atoms with Gasteiger partial charge in [0.15, 0.2) is 11.9 Å². The van der Waals surface area contributed by atoms with Crippen molar-refractivity contribution < 1.29 is 9.63 Å². The van der Waals surface area contributed by atoms with Crippen molar-refractivity contribution in [1.29, 1.82) is 0 Å². The lowest BCUT2D eigenvalue weighted by molar-refractivity contribution is 0.0826. The molecule has 1 unspecified atom stereocenters. The van der Waals surface area contributed by atoms with Crippen LogP contribution in [-0.2, 0) is 4.84 Å². The molecule has 0 N–H and O–H groups in total. The Balaban J connectivity index is 1.68. The van der Waals surface area contributed by atoms with Crippen LogP contribution >= 0.6 is 0 Å². The second kappa shape index (κ2) is 8.39. The highest BCUT2D eigenvalue weighted by molar-refractivity contribution is 6.05. The molecule has 0 radical (unpaired) electrons. The molecule has 0 spiro atoms. The predicted molar refractivity (Wildman–Crippen MR) is 115 cm³/mol. The van der Waals surface area contributed by atoms with Gasteiger partial charge in [0.25, 0.3) is 0 Å². The van der Waals surface area contributed by atoms with E-state index in [-0.39, 0.29) is 11.9 Å². The highest BCUT2D eigenvalue weighted by Gasteiger charge is 2.26. The molecular weight excluding hydrogens is 360 g/mol. The number of hydrogen-bond donors (Lipinski definition) is 0. The van der Waals surface area contributed by atoms with E-state index in [0.29, 0.717) is 18.8 Å². The van der Waals surface area contributed by atoms with Gasteiger partial charge in [0.2, 0.25) is 0 Å². The Labute approximate surface area is 171 Å². The summed E-state index contributed by atoms with van der Waals surface area (Å²) >= 11 is 0. The molecule has 4 rings (SSSR count). The van der Waals surface area contributed by atoms with Crippen molar-refractivity contribution in [2.24, 2.45) is 11.1 Å². The first-order valence-corrected chi connectivity index (χ1v) is 9.98. The number of Topliss-reactive ketones (excluding diaryl/α,β-unsaturated/α-hetero) is 1. The van der Waals surface area contributed by atoms with Crippen LogP contribution in [0.15, 0.2) is 78.1 Å². The number of nitrogens with zero attached hydrogens (tertiary/aromatic N) is 2. The second-order valence-corrected chi connectivity index (χ2v) is 7.78. The number of ketones is 1. The van der Waals surface area contributed by atoms with Gasteiger partial charge in [-0.15, -0.1) is 0 Å². The van der Waals surface area contributed by atoms with E-state index in [9.17, 15) is 4.79 Å². The lowest BCUT2D eigenvalue weighted by Gasteiger charge is -2.11. The average molecular weight is 384 g/mol. The van der Waals surface area contributed by atoms with E-state index in [1.165, 1.54) is 0 Å². The molecule has 0 saturated carbocycles. The molecule has 2 heterocycles. The Bertz CT molecular complexity index is 1030. The quantitative estimate of drug-likeness (QED) is 0.501. The fourth-order valence-electron chi connectivity index (χ4n) is 3.51. The maximum absolute atomic E-state index is 12.8. The van der Waals surface area contributed by atoms with Gasteiger partial charge in [0, 0.05) is 30.2 Å². The van der Waals surface area contributed by atoms with Crippen LogP contribution in [-0.4, -0.2) is 16.5 Å². The van der Waals surface area contributed by atoms with E-state index < -0.39 is 0 Å². The van der Waals surface area contributed by atoms with Crippen LogP contribution in [0, 0.1) is 5.92 Å². The first kappa shape index (κ1) is 19.1. The second-order valence-electron chi connectivity index (χ2n) is 7.78. The molecule has 0 fully saturated rings. The number of oxime groups is 1. The molecule has 1 atom stereocenters. The predicted octanol–water partition coefficient (Wildman–Crippen LogP) is 5.84. The summed E-state index contributed by atoms with van der Waals surface area (Å²) in [5.74, 6) is 0.465. The van der Waals surface area contributed by atoms with E-state index in [4.69, 9.17) is 4.84 Å². The summed E-state index contributed by atoms with van der Waals surface area (Å²) in [5, 5.41) is 4.33. The zero-order valence-corrected chi connectivity index (χ0v) is 16.7. The van der Waals surface area contributed by atoms with E-state index in [1.807, 2.05) is 48.5 Å². The molecule has 1 aliphatic rings. The Morgan fingerprint density at radius 1 is 1.00 bits per heavy atom. The standard InChI is InChI=1S/C25H24N2O2/c1-17(2)12-24(28)21-14-19(18-8-4-3-5-9-18)13-20(15-21)23-16-25(29-27-23)22-10-6-7-11-26-22/h3-11,13-15,17,25H,12,16H2,1-2H3. The molecule has 29 heavy (non-hydrogen) atoms. The fraction of sp³-hybridized carbons (Fsp3) is 0.240. The molecule has 4 heteroatoms. The van der Waals surface area contributed by atoms with Crippen molar-refractivity contribution in [1.82, 2.24) is 4.98 Å². The third-order valence-electron chi connectivity index (χ3n) is 4.98. The Morgan fingerprint density at radius 2 is 1.76 bits per heavy atom. The maximum atomic E-state index is 12.8. The Morgan fingerprint density at radius 3 is 2.48 bits per heavy atom. The third kappa shape index (κ3) is 4.43. The minimum Gasteiger partial charge on any atom is -0.385 e. The number of carbonyl (C=O) groups excluding carboxylic acids is 1. The summed E-state index contributed by atoms with van der Waals surface area (Å²) in [6.45, 7) is 4.12. The molecule has 146 valence electrons. The van der Waals surface area contributed by atoms with Crippen molar-refractivity contribution in [2.45, 2.75) is 32.8 Å². The summed E-state index contributed by atoms with van der Waals surface area (Å²) in [6, 6.07) is 21.9. The van der Waals surface area contributed by atoms with Gasteiger partial charge in [-0.2, -0.15) is 0 Å². The molecule has 0 amide bonds. The van der Waals surface area contributed by atoms with Gasteiger partial charge < -0.3 is 4.84 Å². The zero-order chi connectivity index (χ0) is 20.2. The minimum atomic E-state index is -0.193. The summed E-state index contributed by atoms with van der Waals surface area (Å²) in [5.41, 5.74) is 5.45. The third-order valence-corrected chi connectivity index (χ3v) is 4.98. The molecule has 2 aromatic carbocycles. The van der Waals surface area contributed by atoms with Crippen LogP contribution in [0.2, 0.25) is 0 Å². The van der Waals surface area contributed by atoms with Crippen molar-refractivity contribution in [2.75, 3.05) is 0 Å². The SMILES string of the molecule is CC(C)CC(=O)c1cc(C2=NOC(c3ccccn3)C2)cc(-c2ccccc2)c1. The van der Waals surface area contributed by atoms with E-state index in [1.54, 1.807) is 6.20 Å². The molecule has 0 bridgehead atoms. The number of carbonyl (C=O) groups is 1. The summed E-state index contributed by atoms with van der Waals surface area (Å²) in [6.07, 6.45) is 2.72. The summed E-state index contributed by atoms with van der Waals surface area (Å²) in [7, 11) is 0. The monoisotopic (exact) mass is 384 g/mol. The number of rotatable bonds is 6. The summed E-state index contributed by atoms with van der Waals surface area (Å²) in [4.78, 5) is 22.8. The van der Waals surface area contributed by atoms with Gasteiger partial charge >= 0.3 is 0 Å². The van der Waals surface area contributed by atoms with Gasteiger partial charge in [-0.25, -0.2) is 0 Å². The molecular formula is C25H24N2O2. The van der Waals surface area contributed by atoms with Crippen molar-refractivity contribution >= 4 is 11.5 Å². The van der Waals surface area contributed by atoms with Crippen LogP contribution in [0.5, 0.6) is 0 Å².